The number of ether oxygens (including phenoxy) is 1. The molecule has 0 saturated carbocycles. The van der Waals surface area contributed by atoms with Crippen LogP contribution in [0.2, 0.25) is 5.02 Å². The van der Waals surface area contributed by atoms with Gasteiger partial charge in [-0.3, -0.25) is 9.69 Å². The normalized spacial score (nSPS) is 19.7. The van der Waals surface area contributed by atoms with E-state index in [1.54, 1.807) is 21.3 Å². The van der Waals surface area contributed by atoms with Gasteiger partial charge < -0.3 is 4.74 Å². The summed E-state index contributed by atoms with van der Waals surface area (Å²) in [6, 6.07) is 10.0. The number of halogens is 1. The van der Waals surface area contributed by atoms with E-state index in [4.69, 9.17) is 21.3 Å². The lowest BCUT2D eigenvalue weighted by atomic mass is 10.0. The number of amides is 1. The number of aryl methyl sites for hydroxylation is 1. The highest BCUT2D eigenvalue weighted by atomic mass is 35.5. The summed E-state index contributed by atoms with van der Waals surface area (Å²) in [6.07, 6.45) is 3.48. The molecule has 2 aromatic carbocycles. The van der Waals surface area contributed by atoms with Gasteiger partial charge in [0.15, 0.2) is 5.13 Å². The van der Waals surface area contributed by atoms with Crippen LogP contribution < -0.4 is 4.90 Å². The summed E-state index contributed by atoms with van der Waals surface area (Å²) in [5, 5.41) is 1.16. The molecule has 36 heavy (non-hydrogen) atoms. The van der Waals surface area contributed by atoms with E-state index in [1.165, 1.54) is 23.5 Å². The van der Waals surface area contributed by atoms with Gasteiger partial charge in [-0.15, -0.1) is 0 Å². The lowest BCUT2D eigenvalue weighted by Crippen LogP contribution is -2.38. The Hall–Kier alpha value is -2.04. The van der Waals surface area contributed by atoms with Crippen molar-refractivity contribution < 1.29 is 17.9 Å². The van der Waals surface area contributed by atoms with Crippen molar-refractivity contribution in [1.82, 2.24) is 9.29 Å². The van der Waals surface area contributed by atoms with Crippen LogP contribution in [-0.4, -0.2) is 56.0 Å². The number of sulfonamides is 1. The number of carbonyl (C=O) groups is 1. The number of benzene rings is 2. The molecule has 0 aliphatic carbocycles. The van der Waals surface area contributed by atoms with E-state index in [0.717, 1.165) is 41.5 Å². The average Bonchev–Trinajstić information content (AvgIpc) is 3.56. The third kappa shape index (κ3) is 5.04. The fourth-order valence-electron chi connectivity index (χ4n) is 4.75. The van der Waals surface area contributed by atoms with E-state index in [9.17, 15) is 13.2 Å². The molecule has 2 aliphatic heterocycles. The van der Waals surface area contributed by atoms with Crippen LogP contribution in [0.25, 0.3) is 10.2 Å². The molecule has 5 rings (SSSR count). The molecule has 10 heteroatoms. The summed E-state index contributed by atoms with van der Waals surface area (Å²) in [4.78, 5) is 20.3. The van der Waals surface area contributed by atoms with Crippen LogP contribution in [-0.2, 0) is 14.8 Å². The van der Waals surface area contributed by atoms with Gasteiger partial charge in [0.05, 0.1) is 32.8 Å². The van der Waals surface area contributed by atoms with Crippen molar-refractivity contribution in [3.8, 4) is 0 Å². The van der Waals surface area contributed by atoms with Gasteiger partial charge >= 0.3 is 0 Å². The minimum Gasteiger partial charge on any atom is -0.376 e. The highest BCUT2D eigenvalue weighted by Crippen LogP contribution is 2.36. The van der Waals surface area contributed by atoms with Crippen LogP contribution in [0.1, 0.15) is 48.5 Å². The molecular weight excluding hydrogens is 518 g/mol. The second kappa shape index (κ2) is 10.4. The van der Waals surface area contributed by atoms with Crippen molar-refractivity contribution in [2.75, 3.05) is 31.1 Å². The van der Waals surface area contributed by atoms with Crippen molar-refractivity contribution in [1.29, 1.82) is 0 Å². The van der Waals surface area contributed by atoms with Crippen LogP contribution >= 0.6 is 22.9 Å². The van der Waals surface area contributed by atoms with Crippen LogP contribution in [0, 0.1) is 12.8 Å². The Bertz CT molecular complexity index is 1320. The van der Waals surface area contributed by atoms with E-state index in [0.29, 0.717) is 47.9 Å². The third-order valence-corrected chi connectivity index (χ3v) is 10.5. The fourth-order valence-corrected chi connectivity index (χ4v) is 7.54. The van der Waals surface area contributed by atoms with Gasteiger partial charge in [0.1, 0.15) is 0 Å². The molecular formula is C26H30ClN3O4S2. The van der Waals surface area contributed by atoms with E-state index < -0.39 is 10.0 Å². The van der Waals surface area contributed by atoms with Crippen molar-refractivity contribution in [3.05, 3.63) is 52.5 Å². The Balaban J connectivity index is 1.44. The maximum atomic E-state index is 13.7. The van der Waals surface area contributed by atoms with Gasteiger partial charge in [0, 0.05) is 25.3 Å². The topological polar surface area (TPSA) is 79.8 Å². The standard InChI is InChI=1S/C26H30ClN3O4S2/c1-17-11-13-29(14-12-17)36(32,33)21-8-6-19(7-9-21)25(31)30(16-20-4-3-15-34-20)26-28-23-18(2)5-10-22(27)24(23)35-26/h5-10,17,20H,3-4,11-16H2,1-2H3. The quantitative estimate of drug-likeness (QED) is 0.407. The first kappa shape index (κ1) is 25.6. The van der Waals surface area contributed by atoms with Crippen molar-refractivity contribution in [2.45, 2.75) is 50.5 Å². The maximum absolute atomic E-state index is 13.7. The van der Waals surface area contributed by atoms with Crippen molar-refractivity contribution >= 4 is 54.2 Å². The van der Waals surface area contributed by atoms with Crippen molar-refractivity contribution in [3.63, 3.8) is 0 Å². The van der Waals surface area contributed by atoms with Gasteiger partial charge in [-0.05, 0) is 74.4 Å². The van der Waals surface area contributed by atoms with Crippen LogP contribution in [0.15, 0.2) is 41.3 Å². The largest absolute Gasteiger partial charge is 0.376 e. The summed E-state index contributed by atoms with van der Waals surface area (Å²) >= 11 is 7.81. The molecule has 3 heterocycles. The SMILES string of the molecule is Cc1ccc(Cl)c2sc(N(CC3CCCO3)C(=O)c3ccc(S(=O)(=O)N4CCC(C)CC4)cc3)nc12. The van der Waals surface area contributed by atoms with Gasteiger partial charge in [-0.25, -0.2) is 13.4 Å². The van der Waals surface area contributed by atoms with Gasteiger partial charge in [-0.2, -0.15) is 4.31 Å². The molecule has 3 aromatic rings. The number of aromatic nitrogens is 1. The molecule has 2 fully saturated rings. The number of hydrogen-bond acceptors (Lipinski definition) is 6. The summed E-state index contributed by atoms with van der Waals surface area (Å²) in [7, 11) is -3.58. The minimum absolute atomic E-state index is 0.0707. The Morgan fingerprint density at radius 3 is 2.53 bits per heavy atom. The smallest absolute Gasteiger partial charge is 0.260 e. The molecule has 1 unspecified atom stereocenters. The summed E-state index contributed by atoms with van der Waals surface area (Å²) in [5.41, 5.74) is 2.18. The number of hydrogen-bond donors (Lipinski definition) is 0. The molecule has 2 aliphatic rings. The molecule has 0 N–H and O–H groups in total. The van der Waals surface area contributed by atoms with Gasteiger partial charge in [0.2, 0.25) is 10.0 Å². The van der Waals surface area contributed by atoms with Crippen LogP contribution in [0.5, 0.6) is 0 Å². The summed E-state index contributed by atoms with van der Waals surface area (Å²) < 4.78 is 34.4. The molecule has 0 bridgehead atoms. The van der Waals surface area contributed by atoms with E-state index in [-0.39, 0.29) is 16.9 Å². The maximum Gasteiger partial charge on any atom is 0.260 e. The minimum atomic E-state index is -3.58. The first-order chi connectivity index (χ1) is 17.2. The number of piperidine rings is 1. The molecule has 1 atom stereocenters. The number of fused-ring (bicyclic) bond motifs is 1. The second-order valence-corrected chi connectivity index (χ2v) is 13.0. The molecule has 1 amide bonds. The molecule has 0 spiro atoms. The Kier molecular flexibility index (Phi) is 7.38. The lowest BCUT2D eigenvalue weighted by molar-refractivity contribution is 0.0917. The zero-order valence-corrected chi connectivity index (χ0v) is 22.8. The number of rotatable bonds is 6. The van der Waals surface area contributed by atoms with E-state index >= 15 is 0 Å². The van der Waals surface area contributed by atoms with Crippen LogP contribution in [0.4, 0.5) is 5.13 Å². The van der Waals surface area contributed by atoms with Gasteiger partial charge in [0.25, 0.3) is 5.91 Å². The third-order valence-electron chi connectivity index (χ3n) is 7.05. The number of thiazole rings is 1. The average molecular weight is 548 g/mol. The molecule has 192 valence electrons. The highest BCUT2D eigenvalue weighted by Gasteiger charge is 2.30. The van der Waals surface area contributed by atoms with Gasteiger partial charge in [-0.1, -0.05) is 35.9 Å². The summed E-state index contributed by atoms with van der Waals surface area (Å²) in [6.45, 7) is 6.22. The Labute approximate surface area is 221 Å². The molecule has 7 nitrogen and oxygen atoms in total. The summed E-state index contributed by atoms with van der Waals surface area (Å²) in [5.74, 6) is 0.293. The zero-order valence-electron chi connectivity index (χ0n) is 20.4. The molecule has 2 saturated heterocycles. The molecule has 1 aromatic heterocycles. The van der Waals surface area contributed by atoms with E-state index in [2.05, 4.69) is 6.92 Å². The predicted octanol–water partition coefficient (Wildman–Crippen LogP) is 5.50. The number of carbonyl (C=O) groups excluding carboxylic acids is 1. The fraction of sp³-hybridized carbons (Fsp3) is 0.462. The van der Waals surface area contributed by atoms with Crippen LogP contribution in [0.3, 0.4) is 0 Å². The second-order valence-electron chi connectivity index (χ2n) is 9.70. The number of anilines is 1. The Morgan fingerprint density at radius 1 is 1.17 bits per heavy atom. The monoisotopic (exact) mass is 547 g/mol. The zero-order chi connectivity index (χ0) is 25.4. The predicted molar refractivity (Wildman–Crippen MR) is 144 cm³/mol. The number of nitrogens with zero attached hydrogens (tertiary/aromatic N) is 3. The first-order valence-electron chi connectivity index (χ1n) is 12.3. The molecule has 0 radical (unpaired) electrons. The lowest BCUT2D eigenvalue weighted by Gasteiger charge is -2.29. The Morgan fingerprint density at radius 2 is 1.89 bits per heavy atom. The van der Waals surface area contributed by atoms with Crippen molar-refractivity contribution in [2.24, 2.45) is 5.92 Å². The van der Waals surface area contributed by atoms with E-state index in [1.807, 2.05) is 19.1 Å². The highest BCUT2D eigenvalue weighted by molar-refractivity contribution is 7.89. The first-order valence-corrected chi connectivity index (χ1v) is 15.0.